The van der Waals surface area contributed by atoms with Crippen molar-refractivity contribution in [2.75, 3.05) is 5.73 Å². The van der Waals surface area contributed by atoms with Crippen LogP contribution in [0.15, 0.2) is 60.7 Å². The average molecular weight is 287 g/mol. The molecule has 0 amide bonds. The van der Waals surface area contributed by atoms with Gasteiger partial charge in [0.05, 0.1) is 11.1 Å². The van der Waals surface area contributed by atoms with Crippen LogP contribution in [0.4, 0.5) is 5.82 Å². The van der Waals surface area contributed by atoms with Crippen molar-refractivity contribution in [3.8, 4) is 17.1 Å². The van der Waals surface area contributed by atoms with E-state index in [0.29, 0.717) is 17.2 Å². The van der Waals surface area contributed by atoms with Crippen molar-refractivity contribution < 1.29 is 5.11 Å². The summed E-state index contributed by atoms with van der Waals surface area (Å²) < 4.78 is 0. The normalized spacial score (nSPS) is 11.1. The SMILES string of the molecule is Nc1nc(-c2c(O)ccc3ccccc23)nc2ccccc12. The molecule has 0 unspecified atom stereocenters. The van der Waals surface area contributed by atoms with Gasteiger partial charge in [-0.3, -0.25) is 0 Å². The molecule has 4 nitrogen and oxygen atoms in total. The Morgan fingerprint density at radius 3 is 2.36 bits per heavy atom. The van der Waals surface area contributed by atoms with Gasteiger partial charge in [-0.1, -0.05) is 42.5 Å². The van der Waals surface area contributed by atoms with E-state index in [2.05, 4.69) is 9.97 Å². The first-order valence-electron chi connectivity index (χ1n) is 6.97. The number of aromatic hydroxyl groups is 1. The van der Waals surface area contributed by atoms with Crippen LogP contribution in [0.1, 0.15) is 0 Å². The van der Waals surface area contributed by atoms with Gasteiger partial charge >= 0.3 is 0 Å². The van der Waals surface area contributed by atoms with Gasteiger partial charge in [-0.15, -0.1) is 0 Å². The van der Waals surface area contributed by atoms with Gasteiger partial charge in [-0.05, 0) is 29.0 Å². The van der Waals surface area contributed by atoms with Crippen molar-refractivity contribution in [2.24, 2.45) is 0 Å². The van der Waals surface area contributed by atoms with Gasteiger partial charge in [0.25, 0.3) is 0 Å². The maximum Gasteiger partial charge on any atom is 0.166 e. The van der Waals surface area contributed by atoms with Crippen LogP contribution in [-0.4, -0.2) is 15.1 Å². The smallest absolute Gasteiger partial charge is 0.166 e. The molecule has 0 saturated heterocycles. The van der Waals surface area contributed by atoms with Gasteiger partial charge in [0.15, 0.2) is 5.82 Å². The molecule has 3 N–H and O–H groups in total. The zero-order chi connectivity index (χ0) is 15.1. The number of phenols is 1. The number of hydrogen-bond donors (Lipinski definition) is 2. The largest absolute Gasteiger partial charge is 0.507 e. The Labute approximate surface area is 126 Å². The van der Waals surface area contributed by atoms with Crippen molar-refractivity contribution in [3.63, 3.8) is 0 Å². The first-order valence-corrected chi connectivity index (χ1v) is 6.97. The molecule has 0 fully saturated rings. The minimum absolute atomic E-state index is 0.147. The predicted octanol–water partition coefficient (Wildman–Crippen LogP) is 3.74. The third kappa shape index (κ3) is 1.85. The number of fused-ring (bicyclic) bond motifs is 2. The molecule has 106 valence electrons. The van der Waals surface area contributed by atoms with Gasteiger partial charge in [0, 0.05) is 5.39 Å². The van der Waals surface area contributed by atoms with E-state index in [1.165, 1.54) is 0 Å². The first-order chi connectivity index (χ1) is 10.7. The zero-order valence-electron chi connectivity index (χ0n) is 11.7. The van der Waals surface area contributed by atoms with E-state index >= 15 is 0 Å². The number of nitrogen functional groups attached to an aromatic ring is 1. The van der Waals surface area contributed by atoms with Gasteiger partial charge in [-0.25, -0.2) is 9.97 Å². The van der Waals surface area contributed by atoms with Crippen LogP contribution < -0.4 is 5.73 Å². The molecule has 0 saturated carbocycles. The van der Waals surface area contributed by atoms with Crippen LogP contribution in [-0.2, 0) is 0 Å². The number of anilines is 1. The van der Waals surface area contributed by atoms with Crippen LogP contribution in [0.5, 0.6) is 5.75 Å². The monoisotopic (exact) mass is 287 g/mol. The summed E-state index contributed by atoms with van der Waals surface area (Å²) in [6.45, 7) is 0. The summed E-state index contributed by atoms with van der Waals surface area (Å²) in [6.07, 6.45) is 0. The summed E-state index contributed by atoms with van der Waals surface area (Å²) in [5.74, 6) is 0.992. The second kappa shape index (κ2) is 4.70. The number of nitrogens with zero attached hydrogens (tertiary/aromatic N) is 2. The Kier molecular flexibility index (Phi) is 2.69. The van der Waals surface area contributed by atoms with Crippen molar-refractivity contribution >= 4 is 27.5 Å². The fraction of sp³-hybridized carbons (Fsp3) is 0. The van der Waals surface area contributed by atoms with Crippen LogP contribution in [0.2, 0.25) is 0 Å². The zero-order valence-corrected chi connectivity index (χ0v) is 11.7. The molecule has 0 aliphatic carbocycles. The fourth-order valence-electron chi connectivity index (χ4n) is 2.71. The average Bonchev–Trinajstić information content (AvgIpc) is 2.54. The first kappa shape index (κ1) is 12.6. The van der Waals surface area contributed by atoms with Gasteiger partial charge < -0.3 is 10.8 Å². The molecule has 0 aliphatic rings. The summed E-state index contributed by atoms with van der Waals surface area (Å²) in [7, 11) is 0. The van der Waals surface area contributed by atoms with E-state index in [1.807, 2.05) is 54.6 Å². The molecule has 3 aromatic carbocycles. The lowest BCUT2D eigenvalue weighted by molar-refractivity contribution is 0.477. The summed E-state index contributed by atoms with van der Waals surface area (Å²) >= 11 is 0. The van der Waals surface area contributed by atoms with E-state index in [0.717, 1.165) is 21.7 Å². The molecular weight excluding hydrogens is 274 g/mol. The molecule has 22 heavy (non-hydrogen) atoms. The number of nitrogens with two attached hydrogens (primary N) is 1. The van der Waals surface area contributed by atoms with E-state index in [9.17, 15) is 5.11 Å². The summed E-state index contributed by atoms with van der Waals surface area (Å²) in [5, 5.41) is 13.0. The third-order valence-corrected chi connectivity index (χ3v) is 3.76. The molecule has 0 radical (unpaired) electrons. The van der Waals surface area contributed by atoms with Gasteiger partial charge in [-0.2, -0.15) is 0 Å². The Morgan fingerprint density at radius 1 is 0.773 bits per heavy atom. The number of hydrogen-bond acceptors (Lipinski definition) is 4. The molecule has 0 spiro atoms. The van der Waals surface area contributed by atoms with Crippen molar-refractivity contribution in [1.29, 1.82) is 0 Å². The Morgan fingerprint density at radius 2 is 1.50 bits per heavy atom. The van der Waals surface area contributed by atoms with Crippen LogP contribution in [0.25, 0.3) is 33.1 Å². The highest BCUT2D eigenvalue weighted by Crippen LogP contribution is 2.35. The number of benzene rings is 3. The standard InChI is InChI=1S/C18H13N3O/c19-17-13-7-3-4-8-14(13)20-18(21-17)16-12-6-2-1-5-11(12)9-10-15(16)22/h1-10,22H,(H2,19,20,21). The van der Waals surface area contributed by atoms with E-state index in [1.54, 1.807) is 6.07 Å². The molecule has 4 aromatic rings. The van der Waals surface area contributed by atoms with E-state index in [-0.39, 0.29) is 5.75 Å². The molecule has 4 rings (SSSR count). The van der Waals surface area contributed by atoms with Crippen molar-refractivity contribution in [2.45, 2.75) is 0 Å². The fourth-order valence-corrected chi connectivity index (χ4v) is 2.71. The lowest BCUT2D eigenvalue weighted by atomic mass is 10.0. The third-order valence-electron chi connectivity index (χ3n) is 3.76. The van der Waals surface area contributed by atoms with E-state index < -0.39 is 0 Å². The maximum absolute atomic E-state index is 10.3. The Bertz CT molecular complexity index is 1010. The number of para-hydroxylation sites is 1. The number of rotatable bonds is 1. The quantitative estimate of drug-likeness (QED) is 0.559. The predicted molar refractivity (Wildman–Crippen MR) is 88.6 cm³/mol. The molecule has 1 heterocycles. The Hall–Kier alpha value is -3.14. The number of phenolic OH excluding ortho intramolecular Hbond substituents is 1. The highest BCUT2D eigenvalue weighted by molar-refractivity contribution is 5.99. The van der Waals surface area contributed by atoms with E-state index in [4.69, 9.17) is 5.73 Å². The van der Waals surface area contributed by atoms with Gasteiger partial charge in [0.2, 0.25) is 0 Å². The summed E-state index contributed by atoms with van der Waals surface area (Å²) in [5.41, 5.74) is 7.42. The minimum atomic E-state index is 0.147. The molecular formula is C18H13N3O. The van der Waals surface area contributed by atoms with Crippen LogP contribution in [0, 0.1) is 0 Å². The molecule has 0 atom stereocenters. The molecule has 0 aliphatic heterocycles. The molecule has 4 heteroatoms. The highest BCUT2D eigenvalue weighted by atomic mass is 16.3. The second-order valence-electron chi connectivity index (χ2n) is 5.13. The van der Waals surface area contributed by atoms with Crippen LogP contribution in [0.3, 0.4) is 0 Å². The lowest BCUT2D eigenvalue weighted by Crippen LogP contribution is -1.98. The summed E-state index contributed by atoms with van der Waals surface area (Å²) in [6, 6.07) is 18.9. The molecule has 1 aromatic heterocycles. The van der Waals surface area contributed by atoms with Gasteiger partial charge in [0.1, 0.15) is 11.6 Å². The molecule has 0 bridgehead atoms. The maximum atomic E-state index is 10.3. The van der Waals surface area contributed by atoms with Crippen molar-refractivity contribution in [3.05, 3.63) is 60.7 Å². The lowest BCUT2D eigenvalue weighted by Gasteiger charge is -2.10. The minimum Gasteiger partial charge on any atom is -0.507 e. The topological polar surface area (TPSA) is 72.0 Å². The summed E-state index contributed by atoms with van der Waals surface area (Å²) in [4.78, 5) is 8.96. The van der Waals surface area contributed by atoms with Crippen LogP contribution >= 0.6 is 0 Å². The highest BCUT2D eigenvalue weighted by Gasteiger charge is 2.14. The Balaban J connectivity index is 2.09. The van der Waals surface area contributed by atoms with Crippen molar-refractivity contribution in [1.82, 2.24) is 9.97 Å². The number of aromatic nitrogens is 2. The second-order valence-corrected chi connectivity index (χ2v) is 5.13.